The molecule has 4 atom stereocenters. The molecule has 0 unspecified atom stereocenters. The standard InChI is InChI=1S/C21H40N2O10S2/c1-13(2)9-15(11-30-34(7,26)27)22-19(24)17-18(33-21(5,6)32-17)20(25)23-16(10-14(3)4)12-31-35(8,28)29/h13-18H,9-12H2,1-8H3,(H,22,24)(H,23,25)/t15-,16-,17+,18+/m0/s1. The lowest BCUT2D eigenvalue weighted by Crippen LogP contribution is -2.53. The van der Waals surface area contributed by atoms with Gasteiger partial charge in [-0.05, 0) is 38.5 Å². The number of hydrogen-bond donors (Lipinski definition) is 2. The zero-order valence-electron chi connectivity index (χ0n) is 21.7. The van der Waals surface area contributed by atoms with Crippen molar-refractivity contribution in [3.05, 3.63) is 0 Å². The van der Waals surface area contributed by atoms with Crippen molar-refractivity contribution < 1.29 is 44.3 Å². The fourth-order valence-electron chi connectivity index (χ4n) is 3.60. The number of ether oxygens (including phenoxy) is 2. The van der Waals surface area contributed by atoms with Crippen molar-refractivity contribution in [2.45, 2.75) is 84.5 Å². The molecule has 0 aromatic carbocycles. The Hall–Kier alpha value is -1.32. The van der Waals surface area contributed by atoms with Gasteiger partial charge in [-0.25, -0.2) is 0 Å². The van der Waals surface area contributed by atoms with E-state index in [1.54, 1.807) is 13.8 Å². The molecule has 1 heterocycles. The predicted octanol–water partition coefficient (Wildman–Crippen LogP) is 0.521. The van der Waals surface area contributed by atoms with Crippen molar-refractivity contribution >= 4 is 32.1 Å². The van der Waals surface area contributed by atoms with Crippen LogP contribution in [0.3, 0.4) is 0 Å². The highest BCUT2D eigenvalue weighted by Gasteiger charge is 2.49. The van der Waals surface area contributed by atoms with Gasteiger partial charge in [-0.3, -0.25) is 18.0 Å². The van der Waals surface area contributed by atoms with Gasteiger partial charge in [-0.15, -0.1) is 0 Å². The molecule has 0 aliphatic carbocycles. The Morgan fingerprint density at radius 3 is 1.34 bits per heavy atom. The molecule has 0 aromatic rings. The fraction of sp³-hybridized carbons (Fsp3) is 0.905. The summed E-state index contributed by atoms with van der Waals surface area (Å²) in [5.41, 5.74) is 0. The second kappa shape index (κ2) is 12.8. The van der Waals surface area contributed by atoms with Gasteiger partial charge in [0, 0.05) is 0 Å². The van der Waals surface area contributed by atoms with Crippen LogP contribution in [0.15, 0.2) is 0 Å². The van der Waals surface area contributed by atoms with Crippen LogP contribution in [0.1, 0.15) is 54.4 Å². The minimum Gasteiger partial charge on any atom is -0.349 e. The third kappa shape index (κ3) is 13.0. The summed E-state index contributed by atoms with van der Waals surface area (Å²) < 4.78 is 66.7. The van der Waals surface area contributed by atoms with E-state index in [4.69, 9.17) is 17.8 Å². The minimum absolute atomic E-state index is 0.117. The van der Waals surface area contributed by atoms with Gasteiger partial charge in [0.2, 0.25) is 0 Å². The summed E-state index contributed by atoms with van der Waals surface area (Å²) in [6.45, 7) is 10.2. The first-order valence-electron chi connectivity index (χ1n) is 11.4. The number of hydrogen-bond acceptors (Lipinski definition) is 10. The molecule has 2 amide bonds. The lowest BCUT2D eigenvalue weighted by molar-refractivity contribution is -0.160. The number of amides is 2. The highest BCUT2D eigenvalue weighted by atomic mass is 32.2. The Bertz CT molecular complexity index is 858. The molecule has 1 fully saturated rings. The zero-order chi connectivity index (χ0) is 27.2. The molecule has 1 rings (SSSR count). The molecule has 206 valence electrons. The van der Waals surface area contributed by atoms with Crippen LogP contribution in [-0.4, -0.2) is 84.5 Å². The molecule has 0 saturated carbocycles. The maximum atomic E-state index is 13.1. The molecular weight excluding hydrogens is 504 g/mol. The smallest absolute Gasteiger partial charge is 0.264 e. The van der Waals surface area contributed by atoms with Gasteiger partial charge in [0.1, 0.15) is 0 Å². The quantitative estimate of drug-likeness (QED) is 0.295. The summed E-state index contributed by atoms with van der Waals surface area (Å²) in [7, 11) is -7.44. The van der Waals surface area contributed by atoms with Crippen molar-refractivity contribution in [2.75, 3.05) is 25.7 Å². The predicted molar refractivity (Wildman–Crippen MR) is 128 cm³/mol. The van der Waals surface area contributed by atoms with E-state index < -0.39 is 62.1 Å². The minimum atomic E-state index is -3.72. The van der Waals surface area contributed by atoms with Crippen molar-refractivity contribution in [2.24, 2.45) is 11.8 Å². The molecular formula is C21H40N2O10S2. The Kier molecular flexibility index (Phi) is 11.6. The summed E-state index contributed by atoms with van der Waals surface area (Å²) >= 11 is 0. The lowest BCUT2D eigenvalue weighted by atomic mass is 10.0. The first kappa shape index (κ1) is 31.7. The van der Waals surface area contributed by atoms with E-state index in [9.17, 15) is 26.4 Å². The molecule has 0 bridgehead atoms. The Balaban J connectivity index is 3.00. The maximum Gasteiger partial charge on any atom is 0.264 e. The fourth-order valence-corrected chi connectivity index (χ4v) is 4.42. The molecule has 0 spiro atoms. The van der Waals surface area contributed by atoms with Gasteiger partial charge in [0.05, 0.1) is 37.8 Å². The zero-order valence-corrected chi connectivity index (χ0v) is 23.3. The molecule has 12 nitrogen and oxygen atoms in total. The van der Waals surface area contributed by atoms with E-state index in [-0.39, 0.29) is 25.0 Å². The summed E-state index contributed by atoms with van der Waals surface area (Å²) in [6, 6.07) is -1.30. The van der Waals surface area contributed by atoms with Gasteiger partial charge in [0.15, 0.2) is 18.0 Å². The SMILES string of the molecule is CC(C)C[C@@H](COS(C)(=O)=O)NC(=O)[C@@H]1OC(C)(C)O[C@H]1C(=O)N[C@H](COS(C)(=O)=O)CC(C)C. The van der Waals surface area contributed by atoms with Gasteiger partial charge >= 0.3 is 0 Å². The van der Waals surface area contributed by atoms with Gasteiger partial charge < -0.3 is 20.1 Å². The van der Waals surface area contributed by atoms with E-state index in [1.807, 2.05) is 27.7 Å². The molecule has 1 saturated heterocycles. The summed E-state index contributed by atoms with van der Waals surface area (Å²) in [5, 5.41) is 5.40. The first-order chi connectivity index (χ1) is 15.8. The van der Waals surface area contributed by atoms with Crippen LogP contribution in [0.25, 0.3) is 0 Å². The van der Waals surface area contributed by atoms with E-state index in [0.29, 0.717) is 12.8 Å². The molecule has 1 aliphatic heterocycles. The van der Waals surface area contributed by atoms with Crippen LogP contribution in [0.2, 0.25) is 0 Å². The second-order valence-corrected chi connectivity index (χ2v) is 13.4. The first-order valence-corrected chi connectivity index (χ1v) is 15.1. The number of nitrogens with one attached hydrogen (secondary N) is 2. The van der Waals surface area contributed by atoms with Crippen LogP contribution in [-0.2, 0) is 47.7 Å². The topological polar surface area (TPSA) is 163 Å². The molecule has 0 radical (unpaired) electrons. The lowest BCUT2D eigenvalue weighted by Gasteiger charge is -2.25. The van der Waals surface area contributed by atoms with Crippen molar-refractivity contribution in [1.82, 2.24) is 10.6 Å². The van der Waals surface area contributed by atoms with Crippen molar-refractivity contribution in [1.29, 1.82) is 0 Å². The average molecular weight is 545 g/mol. The van der Waals surface area contributed by atoms with Crippen molar-refractivity contribution in [3.63, 3.8) is 0 Å². The van der Waals surface area contributed by atoms with Gasteiger partial charge in [0.25, 0.3) is 32.1 Å². The average Bonchev–Trinajstić information content (AvgIpc) is 2.98. The number of rotatable bonds is 14. The van der Waals surface area contributed by atoms with Crippen LogP contribution >= 0.6 is 0 Å². The molecule has 35 heavy (non-hydrogen) atoms. The second-order valence-electron chi connectivity index (χ2n) is 10.1. The van der Waals surface area contributed by atoms with Gasteiger partial charge in [-0.1, -0.05) is 27.7 Å². The maximum absolute atomic E-state index is 13.1. The van der Waals surface area contributed by atoms with E-state index in [0.717, 1.165) is 12.5 Å². The number of carbonyl (C=O) groups excluding carboxylic acids is 2. The van der Waals surface area contributed by atoms with E-state index in [2.05, 4.69) is 10.6 Å². The molecule has 2 N–H and O–H groups in total. The normalized spacial score (nSPS) is 22.2. The highest BCUT2D eigenvalue weighted by molar-refractivity contribution is 7.86. The molecule has 14 heteroatoms. The third-order valence-corrected chi connectivity index (χ3v) is 5.91. The number of carbonyl (C=O) groups is 2. The summed E-state index contributed by atoms with van der Waals surface area (Å²) in [6.07, 6.45) is 0.0305. The summed E-state index contributed by atoms with van der Waals surface area (Å²) in [4.78, 5) is 26.2. The highest BCUT2D eigenvalue weighted by Crippen LogP contribution is 2.29. The molecule has 0 aromatic heterocycles. The van der Waals surface area contributed by atoms with E-state index in [1.165, 1.54) is 0 Å². The monoisotopic (exact) mass is 544 g/mol. The Morgan fingerprint density at radius 1 is 0.771 bits per heavy atom. The third-order valence-electron chi connectivity index (χ3n) is 4.78. The van der Waals surface area contributed by atoms with Gasteiger partial charge in [-0.2, -0.15) is 16.8 Å². The summed E-state index contributed by atoms with van der Waals surface area (Å²) in [5.74, 6) is -2.34. The van der Waals surface area contributed by atoms with Crippen molar-refractivity contribution in [3.8, 4) is 0 Å². The van der Waals surface area contributed by atoms with Crippen LogP contribution in [0.5, 0.6) is 0 Å². The van der Waals surface area contributed by atoms with Crippen LogP contribution in [0, 0.1) is 11.8 Å². The van der Waals surface area contributed by atoms with Crippen LogP contribution < -0.4 is 10.6 Å². The van der Waals surface area contributed by atoms with E-state index >= 15 is 0 Å². The Morgan fingerprint density at radius 2 is 1.09 bits per heavy atom. The largest absolute Gasteiger partial charge is 0.349 e. The Labute approximate surface area is 209 Å². The van der Waals surface area contributed by atoms with Crippen LogP contribution in [0.4, 0.5) is 0 Å². The molecule has 1 aliphatic rings.